The lowest BCUT2D eigenvalue weighted by Gasteiger charge is -2.13. The number of amides is 1. The second kappa shape index (κ2) is 7.72. The monoisotopic (exact) mass is 280 g/mol. The molecule has 0 unspecified atom stereocenters. The summed E-state index contributed by atoms with van der Waals surface area (Å²) in [5.74, 6) is 0.515. The van der Waals surface area contributed by atoms with Crippen LogP contribution in [-0.2, 0) is 14.3 Å². The second-order valence-electron chi connectivity index (χ2n) is 3.81. The summed E-state index contributed by atoms with van der Waals surface area (Å²) in [7, 11) is 4.73. The van der Waals surface area contributed by atoms with Crippen LogP contribution in [0.4, 0.5) is 11.4 Å². The fourth-order valence-corrected chi connectivity index (χ4v) is 1.33. The highest BCUT2D eigenvalue weighted by molar-refractivity contribution is 5.76. The van der Waals surface area contributed by atoms with Crippen molar-refractivity contribution < 1.29 is 19.1 Å². The van der Waals surface area contributed by atoms with Crippen LogP contribution < -0.4 is 9.64 Å². The van der Waals surface area contributed by atoms with Gasteiger partial charge in [-0.25, -0.2) is 5.01 Å². The molecule has 0 aliphatic heterocycles. The molecule has 0 aliphatic rings. The number of benzene rings is 1. The van der Waals surface area contributed by atoms with Crippen LogP contribution in [0.1, 0.15) is 0 Å². The third-order valence-corrected chi connectivity index (χ3v) is 2.36. The van der Waals surface area contributed by atoms with Crippen molar-refractivity contribution in [3.8, 4) is 5.75 Å². The Morgan fingerprint density at radius 1 is 1.30 bits per heavy atom. The van der Waals surface area contributed by atoms with Gasteiger partial charge in [-0.05, 0) is 18.2 Å². The average molecular weight is 280 g/mol. The molecule has 1 rings (SSSR count). The van der Waals surface area contributed by atoms with Crippen molar-refractivity contribution >= 4 is 24.3 Å². The first kappa shape index (κ1) is 15.4. The third-order valence-electron chi connectivity index (χ3n) is 2.36. The van der Waals surface area contributed by atoms with Crippen molar-refractivity contribution in [2.45, 2.75) is 0 Å². The number of hydrogen-bond acceptors (Lipinski definition) is 6. The van der Waals surface area contributed by atoms with Crippen molar-refractivity contribution in [2.24, 2.45) is 10.3 Å². The maximum Gasteiger partial charge on any atom is 0.294 e. The highest BCUT2D eigenvalue weighted by Gasteiger charge is 2.07. The molecule has 0 saturated heterocycles. The first-order valence-electron chi connectivity index (χ1n) is 5.66. The van der Waals surface area contributed by atoms with E-state index in [1.807, 2.05) is 0 Å². The minimum atomic E-state index is -0.0107. The zero-order valence-electron chi connectivity index (χ0n) is 11.5. The third kappa shape index (κ3) is 4.23. The van der Waals surface area contributed by atoms with Crippen LogP contribution in [0.2, 0.25) is 0 Å². The van der Waals surface area contributed by atoms with Gasteiger partial charge in [0, 0.05) is 19.8 Å². The van der Waals surface area contributed by atoms with Crippen LogP contribution in [0.25, 0.3) is 0 Å². The number of carbonyl (C=O) groups is 2. The molecule has 1 aromatic rings. The van der Waals surface area contributed by atoms with E-state index in [0.717, 1.165) is 0 Å². The Balaban J connectivity index is 2.93. The minimum Gasteiger partial charge on any atom is -0.494 e. The quantitative estimate of drug-likeness (QED) is 0.310. The van der Waals surface area contributed by atoms with Crippen LogP contribution in [0.5, 0.6) is 5.75 Å². The van der Waals surface area contributed by atoms with E-state index in [4.69, 9.17) is 4.74 Å². The number of hydrogen-bond donors (Lipinski definition) is 0. The molecule has 20 heavy (non-hydrogen) atoms. The molecular formula is C12H16N4O4. The lowest BCUT2D eigenvalue weighted by Crippen LogP contribution is -2.14. The van der Waals surface area contributed by atoms with Gasteiger partial charge in [0.1, 0.15) is 11.4 Å². The Labute approximate surface area is 116 Å². The molecule has 0 bridgehead atoms. The van der Waals surface area contributed by atoms with Crippen LogP contribution in [-0.4, -0.2) is 45.8 Å². The fourth-order valence-electron chi connectivity index (χ4n) is 1.33. The fraction of sp³-hybridized carbons (Fsp3) is 0.333. The highest BCUT2D eigenvalue weighted by atomic mass is 16.5. The lowest BCUT2D eigenvalue weighted by molar-refractivity contribution is -0.132. The maximum absolute atomic E-state index is 10.7. The van der Waals surface area contributed by atoms with Gasteiger partial charge < -0.3 is 14.4 Å². The lowest BCUT2D eigenvalue weighted by atomic mass is 10.2. The van der Waals surface area contributed by atoms with Crippen molar-refractivity contribution in [1.29, 1.82) is 0 Å². The number of carbonyl (C=O) groups excluding carboxylic acids is 2. The molecule has 0 radical (unpaired) electrons. The van der Waals surface area contributed by atoms with Gasteiger partial charge in [0.2, 0.25) is 6.41 Å². The van der Waals surface area contributed by atoms with Crippen molar-refractivity contribution in [3.63, 3.8) is 0 Å². The molecule has 0 fully saturated rings. The molecule has 0 spiro atoms. The van der Waals surface area contributed by atoms with Gasteiger partial charge in [-0.1, -0.05) is 5.22 Å². The van der Waals surface area contributed by atoms with Crippen LogP contribution >= 0.6 is 0 Å². The van der Waals surface area contributed by atoms with Gasteiger partial charge >= 0.3 is 0 Å². The Bertz CT molecular complexity index is 492. The predicted molar refractivity (Wildman–Crippen MR) is 71.8 cm³/mol. The molecule has 0 aliphatic carbocycles. The van der Waals surface area contributed by atoms with Crippen LogP contribution in [0.15, 0.2) is 28.5 Å². The van der Waals surface area contributed by atoms with Gasteiger partial charge in [-0.15, -0.1) is 5.11 Å². The summed E-state index contributed by atoms with van der Waals surface area (Å²) < 4.78 is 9.69. The van der Waals surface area contributed by atoms with E-state index in [-0.39, 0.29) is 6.73 Å². The number of rotatable bonds is 8. The second-order valence-corrected chi connectivity index (χ2v) is 3.81. The summed E-state index contributed by atoms with van der Waals surface area (Å²) in [6.45, 7) is 0.315. The molecule has 0 aromatic heterocycles. The summed E-state index contributed by atoms with van der Waals surface area (Å²) in [6.07, 6.45) is 0.687. The SMILES string of the molecule is COc1ccc(N(C)C=O)cc1/N=N/N(C)COC=O. The first-order valence-corrected chi connectivity index (χ1v) is 5.66. The zero-order valence-corrected chi connectivity index (χ0v) is 11.5. The van der Waals surface area contributed by atoms with Crippen LogP contribution in [0.3, 0.4) is 0 Å². The van der Waals surface area contributed by atoms with Crippen molar-refractivity contribution in [2.75, 3.05) is 32.8 Å². The van der Waals surface area contributed by atoms with Gasteiger partial charge in [0.25, 0.3) is 6.47 Å². The molecule has 0 saturated carbocycles. The van der Waals surface area contributed by atoms with E-state index in [0.29, 0.717) is 30.0 Å². The molecule has 8 nitrogen and oxygen atoms in total. The highest BCUT2D eigenvalue weighted by Crippen LogP contribution is 2.31. The number of nitrogens with zero attached hydrogens (tertiary/aromatic N) is 4. The van der Waals surface area contributed by atoms with Gasteiger partial charge in [0.05, 0.1) is 7.11 Å². The van der Waals surface area contributed by atoms with E-state index in [9.17, 15) is 9.59 Å². The Kier molecular flexibility index (Phi) is 5.95. The molecule has 1 amide bonds. The molecule has 0 atom stereocenters. The van der Waals surface area contributed by atoms with Gasteiger partial charge in [-0.3, -0.25) is 9.59 Å². The Morgan fingerprint density at radius 3 is 2.65 bits per heavy atom. The molecular weight excluding hydrogens is 264 g/mol. The number of methoxy groups -OCH3 is 1. The van der Waals surface area contributed by atoms with Gasteiger partial charge in [0.15, 0.2) is 6.73 Å². The van der Waals surface area contributed by atoms with Crippen LogP contribution in [0, 0.1) is 0 Å². The number of anilines is 1. The van der Waals surface area contributed by atoms with Gasteiger partial charge in [-0.2, -0.15) is 0 Å². The summed E-state index contributed by atoms with van der Waals surface area (Å²) in [4.78, 5) is 22.2. The summed E-state index contributed by atoms with van der Waals surface area (Å²) in [6, 6.07) is 5.07. The van der Waals surface area contributed by atoms with E-state index in [1.165, 1.54) is 17.0 Å². The Morgan fingerprint density at radius 2 is 2.05 bits per heavy atom. The van der Waals surface area contributed by atoms with E-state index >= 15 is 0 Å². The number of ether oxygens (including phenoxy) is 2. The Hall–Kier alpha value is -2.64. The minimum absolute atomic E-state index is 0.0107. The van der Waals surface area contributed by atoms with Crippen molar-refractivity contribution in [1.82, 2.24) is 5.01 Å². The molecule has 8 heteroatoms. The zero-order chi connectivity index (χ0) is 15.0. The van der Waals surface area contributed by atoms with Crippen molar-refractivity contribution in [3.05, 3.63) is 18.2 Å². The predicted octanol–water partition coefficient (Wildman–Crippen LogP) is 1.35. The summed E-state index contributed by atoms with van der Waals surface area (Å²) in [5, 5.41) is 9.19. The largest absolute Gasteiger partial charge is 0.494 e. The standard InChI is InChI=1S/C12H16N4O4/c1-15(7-17)10-4-5-12(19-3)11(6-10)13-14-16(2)8-20-9-18/h4-7,9H,8H2,1-3H3/b14-13+. The van der Waals surface area contributed by atoms with E-state index in [2.05, 4.69) is 15.1 Å². The van der Waals surface area contributed by atoms with E-state index < -0.39 is 0 Å². The molecule has 0 N–H and O–H groups in total. The molecule has 108 valence electrons. The maximum atomic E-state index is 10.7. The molecule has 1 aromatic carbocycles. The topological polar surface area (TPSA) is 83.8 Å². The smallest absolute Gasteiger partial charge is 0.294 e. The summed E-state index contributed by atoms with van der Waals surface area (Å²) in [5.41, 5.74) is 1.11. The summed E-state index contributed by atoms with van der Waals surface area (Å²) >= 11 is 0. The molecule has 0 heterocycles. The average Bonchev–Trinajstić information content (AvgIpc) is 2.49. The first-order chi connectivity index (χ1) is 9.62. The van der Waals surface area contributed by atoms with E-state index in [1.54, 1.807) is 32.3 Å². The normalized spacial score (nSPS) is 10.2.